The van der Waals surface area contributed by atoms with E-state index in [1.165, 1.54) is 11.6 Å². The molecule has 1 N–H and O–H groups in total. The van der Waals surface area contributed by atoms with Gasteiger partial charge in [0, 0.05) is 12.7 Å². The first-order valence-corrected chi connectivity index (χ1v) is 7.16. The van der Waals surface area contributed by atoms with E-state index in [4.69, 9.17) is 4.74 Å². The normalized spacial score (nSPS) is 12.4. The zero-order valence-electron chi connectivity index (χ0n) is 12.8. The fourth-order valence-electron chi connectivity index (χ4n) is 2.48. The van der Waals surface area contributed by atoms with Gasteiger partial charge in [-0.1, -0.05) is 42.0 Å². The number of nitrogens with one attached hydrogen (secondary N) is 1. The molecular formula is C18H22FNO. The Labute approximate surface area is 126 Å². The molecule has 21 heavy (non-hydrogen) atoms. The minimum atomic E-state index is -0.177. The maximum absolute atomic E-state index is 14.1. The fourth-order valence-corrected chi connectivity index (χ4v) is 2.48. The molecule has 2 nitrogen and oxygen atoms in total. The summed E-state index contributed by atoms with van der Waals surface area (Å²) in [5.41, 5.74) is 4.02. The number of aryl methyl sites for hydroxylation is 1. The minimum Gasteiger partial charge on any atom is -0.384 e. The molecule has 2 rings (SSSR count). The first-order valence-electron chi connectivity index (χ1n) is 7.16. The van der Waals surface area contributed by atoms with Crippen LogP contribution < -0.4 is 5.32 Å². The fraction of sp³-hybridized carbons (Fsp3) is 0.333. The summed E-state index contributed by atoms with van der Waals surface area (Å²) >= 11 is 0. The summed E-state index contributed by atoms with van der Waals surface area (Å²) in [4.78, 5) is 0. The number of hydrogen-bond donors (Lipinski definition) is 1. The molecule has 0 radical (unpaired) electrons. The van der Waals surface area contributed by atoms with Crippen LogP contribution in [0.15, 0.2) is 42.5 Å². The molecule has 0 aliphatic rings. The maximum Gasteiger partial charge on any atom is 0.128 e. The molecule has 0 aliphatic heterocycles. The molecule has 1 unspecified atom stereocenters. The van der Waals surface area contributed by atoms with Gasteiger partial charge in [0.1, 0.15) is 5.82 Å². The number of methoxy groups -OCH3 is 1. The lowest BCUT2D eigenvalue weighted by molar-refractivity contribution is 0.202. The molecule has 0 saturated heterocycles. The maximum atomic E-state index is 14.1. The second kappa shape index (κ2) is 7.34. The zero-order valence-corrected chi connectivity index (χ0v) is 12.8. The second-order valence-corrected chi connectivity index (χ2v) is 5.23. The van der Waals surface area contributed by atoms with Crippen LogP contribution >= 0.6 is 0 Å². The van der Waals surface area contributed by atoms with E-state index in [1.54, 1.807) is 13.2 Å². The van der Waals surface area contributed by atoms with Crippen LogP contribution in [0.4, 0.5) is 4.39 Å². The monoisotopic (exact) mass is 287 g/mol. The van der Waals surface area contributed by atoms with Gasteiger partial charge in [0.2, 0.25) is 0 Å². The highest BCUT2D eigenvalue weighted by molar-refractivity contribution is 5.36. The quantitative estimate of drug-likeness (QED) is 0.876. The van der Waals surface area contributed by atoms with Crippen LogP contribution in [0.2, 0.25) is 0 Å². The SMILES string of the molecule is CNC(c1ccc(CCOC)cc1)c1cc(C)ccc1F. The topological polar surface area (TPSA) is 21.3 Å². The third-order valence-electron chi connectivity index (χ3n) is 3.66. The van der Waals surface area contributed by atoms with Crippen molar-refractivity contribution in [3.63, 3.8) is 0 Å². The van der Waals surface area contributed by atoms with Gasteiger partial charge in [-0.2, -0.15) is 0 Å². The van der Waals surface area contributed by atoms with E-state index in [9.17, 15) is 4.39 Å². The molecule has 0 bridgehead atoms. The van der Waals surface area contributed by atoms with E-state index >= 15 is 0 Å². The molecule has 0 amide bonds. The molecular weight excluding hydrogens is 265 g/mol. The highest BCUT2D eigenvalue weighted by Crippen LogP contribution is 2.25. The lowest BCUT2D eigenvalue weighted by atomic mass is 9.96. The van der Waals surface area contributed by atoms with E-state index in [2.05, 4.69) is 17.4 Å². The summed E-state index contributed by atoms with van der Waals surface area (Å²) in [5.74, 6) is -0.177. The van der Waals surface area contributed by atoms with Gasteiger partial charge in [-0.3, -0.25) is 0 Å². The lowest BCUT2D eigenvalue weighted by Gasteiger charge is -2.19. The summed E-state index contributed by atoms with van der Waals surface area (Å²) < 4.78 is 19.2. The molecule has 2 aromatic rings. The van der Waals surface area contributed by atoms with E-state index < -0.39 is 0 Å². The van der Waals surface area contributed by atoms with Gasteiger partial charge >= 0.3 is 0 Å². The molecule has 0 heterocycles. The van der Waals surface area contributed by atoms with Gasteiger partial charge in [-0.15, -0.1) is 0 Å². The van der Waals surface area contributed by atoms with Crippen LogP contribution in [0.3, 0.4) is 0 Å². The molecule has 0 fully saturated rings. The van der Waals surface area contributed by atoms with Crippen LogP contribution in [0.1, 0.15) is 28.3 Å². The van der Waals surface area contributed by atoms with Gasteiger partial charge in [0.15, 0.2) is 0 Å². The average molecular weight is 287 g/mol. The van der Waals surface area contributed by atoms with Crippen LogP contribution in [0.5, 0.6) is 0 Å². The molecule has 2 aromatic carbocycles. The van der Waals surface area contributed by atoms with Crippen LogP contribution in [-0.2, 0) is 11.2 Å². The Morgan fingerprint density at radius 1 is 1.14 bits per heavy atom. The van der Waals surface area contributed by atoms with E-state index in [1.807, 2.05) is 32.2 Å². The lowest BCUT2D eigenvalue weighted by Crippen LogP contribution is -2.19. The molecule has 0 spiro atoms. The number of ether oxygens (including phenoxy) is 1. The first kappa shape index (κ1) is 15.7. The van der Waals surface area contributed by atoms with Gasteiger partial charge in [-0.05, 0) is 37.6 Å². The Morgan fingerprint density at radius 2 is 1.86 bits per heavy atom. The molecule has 0 aliphatic carbocycles. The van der Waals surface area contributed by atoms with Gasteiger partial charge in [0.25, 0.3) is 0 Å². The number of halogens is 1. The smallest absolute Gasteiger partial charge is 0.128 e. The summed E-state index contributed by atoms with van der Waals surface area (Å²) in [7, 11) is 3.55. The predicted octanol–water partition coefficient (Wildman–Crippen LogP) is 3.63. The van der Waals surface area contributed by atoms with Crippen LogP contribution in [0.25, 0.3) is 0 Å². The average Bonchev–Trinajstić information content (AvgIpc) is 2.50. The second-order valence-electron chi connectivity index (χ2n) is 5.23. The number of rotatable bonds is 6. The third-order valence-corrected chi connectivity index (χ3v) is 3.66. The van der Waals surface area contributed by atoms with Gasteiger partial charge < -0.3 is 10.1 Å². The third kappa shape index (κ3) is 3.90. The minimum absolute atomic E-state index is 0.138. The molecule has 0 saturated carbocycles. The van der Waals surface area contributed by atoms with Crippen molar-refractivity contribution in [1.29, 1.82) is 0 Å². The highest BCUT2D eigenvalue weighted by Gasteiger charge is 2.16. The predicted molar refractivity (Wildman–Crippen MR) is 84.1 cm³/mol. The zero-order chi connectivity index (χ0) is 15.2. The number of benzene rings is 2. The van der Waals surface area contributed by atoms with Crippen molar-refractivity contribution in [2.45, 2.75) is 19.4 Å². The first-order chi connectivity index (χ1) is 10.2. The van der Waals surface area contributed by atoms with Gasteiger partial charge in [-0.25, -0.2) is 4.39 Å². The van der Waals surface area contributed by atoms with Crippen molar-refractivity contribution in [3.05, 3.63) is 70.5 Å². The summed E-state index contributed by atoms with van der Waals surface area (Å²) in [6.45, 7) is 2.69. The van der Waals surface area contributed by atoms with Crippen molar-refractivity contribution in [2.24, 2.45) is 0 Å². The molecule has 1 atom stereocenters. The Bertz CT molecular complexity index is 580. The summed E-state index contributed by atoms with van der Waals surface area (Å²) in [6.07, 6.45) is 0.889. The number of hydrogen-bond acceptors (Lipinski definition) is 2. The summed E-state index contributed by atoms with van der Waals surface area (Å²) in [6, 6.07) is 13.3. The van der Waals surface area contributed by atoms with Crippen molar-refractivity contribution in [3.8, 4) is 0 Å². The largest absolute Gasteiger partial charge is 0.384 e. The van der Waals surface area contributed by atoms with Gasteiger partial charge in [0.05, 0.1) is 12.6 Å². The van der Waals surface area contributed by atoms with E-state index in [0.717, 1.165) is 17.5 Å². The summed E-state index contributed by atoms with van der Waals surface area (Å²) in [5, 5.41) is 3.20. The van der Waals surface area contributed by atoms with Crippen molar-refractivity contribution < 1.29 is 9.13 Å². The van der Waals surface area contributed by atoms with Crippen LogP contribution in [0, 0.1) is 12.7 Å². The molecule has 3 heteroatoms. The van der Waals surface area contributed by atoms with Crippen molar-refractivity contribution in [1.82, 2.24) is 5.32 Å². The standard InChI is InChI=1S/C18H22FNO/c1-13-4-9-17(19)16(12-13)18(20-2)15-7-5-14(6-8-15)10-11-21-3/h4-9,12,18,20H,10-11H2,1-3H3. The molecule has 112 valence electrons. The van der Waals surface area contributed by atoms with Crippen molar-refractivity contribution in [2.75, 3.05) is 20.8 Å². The van der Waals surface area contributed by atoms with E-state index in [0.29, 0.717) is 12.2 Å². The Morgan fingerprint density at radius 3 is 2.48 bits per heavy atom. The van der Waals surface area contributed by atoms with Crippen molar-refractivity contribution >= 4 is 0 Å². The molecule has 0 aromatic heterocycles. The van der Waals surface area contributed by atoms with E-state index in [-0.39, 0.29) is 11.9 Å². The highest BCUT2D eigenvalue weighted by atomic mass is 19.1. The Kier molecular flexibility index (Phi) is 5.48. The van der Waals surface area contributed by atoms with Crippen LogP contribution in [-0.4, -0.2) is 20.8 Å². The Balaban J connectivity index is 2.26. The Hall–Kier alpha value is -1.71.